The van der Waals surface area contributed by atoms with E-state index in [1.807, 2.05) is 13.0 Å². The number of hydrogen-bond acceptors (Lipinski definition) is 5. The quantitative estimate of drug-likeness (QED) is 0.374. The number of aromatic amines is 1. The van der Waals surface area contributed by atoms with Gasteiger partial charge in [-0.2, -0.15) is 0 Å². The van der Waals surface area contributed by atoms with Crippen molar-refractivity contribution >= 4 is 17.4 Å². The molecule has 1 aliphatic heterocycles. The number of benzene rings is 1. The molecule has 0 radical (unpaired) electrons. The van der Waals surface area contributed by atoms with Gasteiger partial charge in [0.15, 0.2) is 0 Å². The summed E-state index contributed by atoms with van der Waals surface area (Å²) in [4.78, 5) is 28.4. The first-order valence-electron chi connectivity index (χ1n) is 13.2. The van der Waals surface area contributed by atoms with Crippen LogP contribution in [0.1, 0.15) is 75.2 Å². The Labute approximate surface area is 216 Å². The van der Waals surface area contributed by atoms with Crippen molar-refractivity contribution < 1.29 is 23.8 Å². The molecule has 5 N–H and O–H groups in total. The van der Waals surface area contributed by atoms with E-state index in [-0.39, 0.29) is 35.8 Å². The van der Waals surface area contributed by atoms with Crippen LogP contribution < -0.4 is 20.7 Å². The van der Waals surface area contributed by atoms with Gasteiger partial charge in [-0.1, -0.05) is 0 Å². The molecule has 8 nitrogen and oxygen atoms in total. The van der Waals surface area contributed by atoms with Crippen molar-refractivity contribution in [3.63, 3.8) is 0 Å². The van der Waals surface area contributed by atoms with Gasteiger partial charge in [-0.05, 0) is 82.6 Å². The smallest absolute Gasteiger partial charge is 0.255 e. The zero-order valence-electron chi connectivity index (χ0n) is 21.3. The summed E-state index contributed by atoms with van der Waals surface area (Å²) in [5.74, 6) is 0.348. The lowest BCUT2D eigenvalue weighted by Crippen LogP contribution is -2.46. The summed E-state index contributed by atoms with van der Waals surface area (Å²) in [5, 5.41) is 18.9. The topological polar surface area (TPSA) is 115 Å². The monoisotopic (exact) mass is 510 g/mol. The molecule has 2 atom stereocenters. The number of aliphatic hydroxyl groups is 1. The highest BCUT2D eigenvalue weighted by atomic mass is 19.1. The third kappa shape index (κ3) is 5.66. The molecule has 37 heavy (non-hydrogen) atoms. The van der Waals surface area contributed by atoms with Gasteiger partial charge in [0, 0.05) is 35.1 Å². The molecule has 0 saturated heterocycles. The molecule has 9 heteroatoms. The Morgan fingerprint density at radius 2 is 1.78 bits per heavy atom. The van der Waals surface area contributed by atoms with E-state index in [1.165, 1.54) is 31.9 Å². The fraction of sp³-hybridized carbons (Fsp3) is 0.500. The van der Waals surface area contributed by atoms with Gasteiger partial charge >= 0.3 is 0 Å². The van der Waals surface area contributed by atoms with Crippen LogP contribution in [-0.2, 0) is 9.59 Å². The minimum Gasteiger partial charge on any atom is -0.493 e. The van der Waals surface area contributed by atoms with Crippen molar-refractivity contribution in [2.75, 3.05) is 6.61 Å². The number of allylic oxidation sites excluding steroid dienone is 1. The molecule has 2 amide bonds. The van der Waals surface area contributed by atoms with E-state index in [0.29, 0.717) is 40.8 Å². The summed E-state index contributed by atoms with van der Waals surface area (Å²) >= 11 is 0. The second-order valence-electron chi connectivity index (χ2n) is 10.5. The van der Waals surface area contributed by atoms with E-state index in [1.54, 1.807) is 12.3 Å². The average Bonchev–Trinajstić information content (AvgIpc) is 3.58. The van der Waals surface area contributed by atoms with Gasteiger partial charge < -0.3 is 30.8 Å². The fourth-order valence-electron chi connectivity index (χ4n) is 5.25. The summed E-state index contributed by atoms with van der Waals surface area (Å²) in [6.45, 7) is 3.93. The maximum atomic E-state index is 14.3. The number of ether oxygens (including phenoxy) is 1. The number of hydrogen-bond donors (Lipinski definition) is 5. The van der Waals surface area contributed by atoms with Crippen molar-refractivity contribution in [2.45, 2.75) is 76.6 Å². The van der Waals surface area contributed by atoms with E-state index in [0.717, 1.165) is 31.2 Å². The zero-order valence-corrected chi connectivity index (χ0v) is 21.3. The van der Waals surface area contributed by atoms with Crippen LogP contribution in [0.2, 0.25) is 0 Å². The van der Waals surface area contributed by atoms with E-state index < -0.39 is 6.10 Å². The lowest BCUT2D eigenvalue weighted by molar-refractivity contribution is -0.129. The molecule has 2 unspecified atom stereocenters. The molecule has 2 saturated carbocycles. The van der Waals surface area contributed by atoms with Gasteiger partial charge in [-0.15, -0.1) is 0 Å². The van der Waals surface area contributed by atoms with E-state index in [2.05, 4.69) is 20.9 Å². The van der Waals surface area contributed by atoms with Crippen molar-refractivity contribution in [3.05, 3.63) is 58.8 Å². The maximum Gasteiger partial charge on any atom is 0.255 e. The number of aliphatic hydroxyl groups excluding tert-OH is 1. The summed E-state index contributed by atoms with van der Waals surface area (Å²) < 4.78 is 20.4. The number of rotatable bonds is 8. The first-order chi connectivity index (χ1) is 17.8. The largest absolute Gasteiger partial charge is 0.493 e. The predicted octanol–water partition coefficient (Wildman–Crippen LogP) is 3.29. The second-order valence-corrected chi connectivity index (χ2v) is 10.5. The van der Waals surface area contributed by atoms with E-state index >= 15 is 0 Å². The number of H-pyrrole nitrogens is 1. The Hall–Kier alpha value is -3.33. The van der Waals surface area contributed by atoms with Crippen LogP contribution in [0, 0.1) is 11.7 Å². The lowest BCUT2D eigenvalue weighted by atomic mass is 9.89. The van der Waals surface area contributed by atoms with Crippen molar-refractivity contribution in [2.24, 2.45) is 5.92 Å². The Morgan fingerprint density at radius 1 is 1.08 bits per heavy atom. The van der Waals surface area contributed by atoms with Gasteiger partial charge in [-0.25, -0.2) is 4.39 Å². The molecule has 3 aliphatic rings. The lowest BCUT2D eigenvalue weighted by Gasteiger charge is -2.32. The van der Waals surface area contributed by atoms with Crippen molar-refractivity contribution in [1.82, 2.24) is 20.9 Å². The van der Waals surface area contributed by atoms with Crippen LogP contribution in [0.25, 0.3) is 5.57 Å². The highest BCUT2D eigenvalue weighted by molar-refractivity contribution is 6.20. The minimum atomic E-state index is -1.03. The molecule has 1 aromatic carbocycles. The van der Waals surface area contributed by atoms with Crippen LogP contribution >= 0.6 is 0 Å². The van der Waals surface area contributed by atoms with Crippen LogP contribution in [0.3, 0.4) is 0 Å². The first-order valence-corrected chi connectivity index (χ1v) is 13.2. The number of amides is 2. The average molecular weight is 511 g/mol. The number of carbonyl (C=O) groups excluding carboxylic acids is 2. The molecule has 0 spiro atoms. The van der Waals surface area contributed by atoms with E-state index in [9.17, 15) is 19.1 Å². The maximum absolute atomic E-state index is 14.3. The highest BCUT2D eigenvalue weighted by Gasteiger charge is 2.34. The van der Waals surface area contributed by atoms with E-state index in [4.69, 9.17) is 4.74 Å². The summed E-state index contributed by atoms with van der Waals surface area (Å²) in [6.07, 6.45) is 6.04. The van der Waals surface area contributed by atoms with Gasteiger partial charge in [-0.3, -0.25) is 9.59 Å². The van der Waals surface area contributed by atoms with Gasteiger partial charge in [0.05, 0.1) is 23.9 Å². The second kappa shape index (κ2) is 10.6. The number of carbonyl (C=O) groups is 2. The molecular formula is C28H35FN4O4. The number of aromatic nitrogens is 1. The van der Waals surface area contributed by atoms with Crippen LogP contribution in [0.5, 0.6) is 5.75 Å². The Balaban J connectivity index is 1.29. The highest BCUT2D eigenvalue weighted by Crippen LogP contribution is 2.40. The standard InChI is InChI=1S/C28H35FN4O4/c1-15-24(28(36)33-20-8-6-19(7-9-20)32-27(35)16(2)34)26-21(11-12-30-26)25(31-15)22-13-18(29)5-10-23(22)37-14-17-3-4-17/h5,10-13,16-17,19-20,25,30-31,34H,3-4,6-9,14H2,1-2H3,(H,32,35)(H,33,36). The van der Waals surface area contributed by atoms with Crippen LogP contribution in [0.4, 0.5) is 4.39 Å². The van der Waals surface area contributed by atoms with Crippen LogP contribution in [0.15, 0.2) is 36.2 Å². The molecule has 2 aliphatic carbocycles. The van der Waals surface area contributed by atoms with Gasteiger partial charge in [0.1, 0.15) is 17.7 Å². The minimum absolute atomic E-state index is 0.00529. The number of fused-ring (bicyclic) bond motifs is 1. The summed E-state index contributed by atoms with van der Waals surface area (Å²) in [7, 11) is 0. The van der Waals surface area contributed by atoms with Gasteiger partial charge in [0.2, 0.25) is 5.91 Å². The Kier molecular flexibility index (Phi) is 7.24. The van der Waals surface area contributed by atoms with Crippen molar-refractivity contribution in [1.29, 1.82) is 0 Å². The molecule has 2 heterocycles. The summed E-state index contributed by atoms with van der Waals surface area (Å²) in [6, 6.07) is 6.17. The SMILES string of the molecule is CC1=C(C(=O)NC2CCC(NC(=O)C(C)O)CC2)c2[nH]ccc2C(c2cc(F)ccc2OCC2CC2)N1. The molecule has 1 aromatic heterocycles. The Bertz CT molecular complexity index is 1190. The third-order valence-corrected chi connectivity index (χ3v) is 7.55. The molecule has 0 bridgehead atoms. The molecule has 2 fully saturated rings. The third-order valence-electron chi connectivity index (χ3n) is 7.55. The predicted molar refractivity (Wildman–Crippen MR) is 137 cm³/mol. The number of halogens is 1. The summed E-state index contributed by atoms with van der Waals surface area (Å²) in [5.41, 5.74) is 3.53. The Morgan fingerprint density at radius 3 is 2.46 bits per heavy atom. The molecule has 2 aromatic rings. The number of nitrogens with one attached hydrogen (secondary N) is 4. The molecule has 198 valence electrons. The van der Waals surface area contributed by atoms with Gasteiger partial charge in [0.25, 0.3) is 5.91 Å². The van der Waals surface area contributed by atoms with Crippen molar-refractivity contribution in [3.8, 4) is 5.75 Å². The first kappa shape index (κ1) is 25.3. The zero-order chi connectivity index (χ0) is 26.1. The van der Waals surface area contributed by atoms with Crippen LogP contribution in [-0.4, -0.2) is 46.7 Å². The normalized spacial score (nSPS) is 24.1. The fourth-order valence-corrected chi connectivity index (χ4v) is 5.25. The molecular weight excluding hydrogens is 475 g/mol. The molecule has 5 rings (SSSR count).